The predicted molar refractivity (Wildman–Crippen MR) is 116 cm³/mol. The molecule has 3 rings (SSSR count). The summed E-state index contributed by atoms with van der Waals surface area (Å²) in [5, 5.41) is 6.02. The third-order valence-electron chi connectivity index (χ3n) is 3.94. The number of amides is 1. The van der Waals surface area contributed by atoms with E-state index in [1.807, 2.05) is 61.5 Å². The van der Waals surface area contributed by atoms with Crippen molar-refractivity contribution in [2.24, 2.45) is 0 Å². The van der Waals surface area contributed by atoms with E-state index in [2.05, 4.69) is 43.1 Å². The van der Waals surface area contributed by atoms with Gasteiger partial charge in [0.2, 0.25) is 5.91 Å². The average Bonchev–Trinajstić information content (AvgIpc) is 2.63. The lowest BCUT2D eigenvalue weighted by Gasteiger charge is -2.08. The van der Waals surface area contributed by atoms with Crippen LogP contribution >= 0.6 is 15.9 Å². The zero-order chi connectivity index (χ0) is 19.9. The van der Waals surface area contributed by atoms with Crippen molar-refractivity contribution in [1.29, 1.82) is 0 Å². The molecular formula is C22H21BrN4O. The van der Waals surface area contributed by atoms with Crippen molar-refractivity contribution in [1.82, 2.24) is 9.97 Å². The molecule has 0 bridgehead atoms. The van der Waals surface area contributed by atoms with E-state index < -0.39 is 0 Å². The fourth-order valence-corrected chi connectivity index (χ4v) is 3.18. The maximum absolute atomic E-state index is 12.2. The normalized spacial score (nSPS) is 10.4. The van der Waals surface area contributed by atoms with Crippen LogP contribution in [0.25, 0.3) is 0 Å². The van der Waals surface area contributed by atoms with Crippen molar-refractivity contribution < 1.29 is 4.79 Å². The summed E-state index contributed by atoms with van der Waals surface area (Å²) in [6.45, 7) is 5.70. The Labute approximate surface area is 173 Å². The summed E-state index contributed by atoms with van der Waals surface area (Å²) in [5.41, 5.74) is 4.57. The van der Waals surface area contributed by atoms with Crippen LogP contribution in [0.1, 0.15) is 23.7 Å². The highest BCUT2D eigenvalue weighted by molar-refractivity contribution is 9.10. The molecule has 0 radical (unpaired) electrons. The van der Waals surface area contributed by atoms with Gasteiger partial charge in [0.05, 0.1) is 12.1 Å². The molecular weight excluding hydrogens is 416 g/mol. The maximum atomic E-state index is 12.2. The number of hydrogen-bond acceptors (Lipinski definition) is 4. The summed E-state index contributed by atoms with van der Waals surface area (Å²) in [4.78, 5) is 20.7. The van der Waals surface area contributed by atoms with Crippen LogP contribution in [0.2, 0.25) is 0 Å². The van der Waals surface area contributed by atoms with E-state index in [1.165, 1.54) is 6.33 Å². The fraction of sp³-hybridized carbons (Fsp3) is 0.136. The molecule has 1 amide bonds. The molecule has 0 saturated carbocycles. The zero-order valence-corrected chi connectivity index (χ0v) is 17.2. The number of aromatic nitrogens is 2. The Bertz CT molecular complexity index is 986. The van der Waals surface area contributed by atoms with Gasteiger partial charge < -0.3 is 10.6 Å². The minimum atomic E-state index is -0.0443. The second-order valence-electron chi connectivity index (χ2n) is 6.53. The summed E-state index contributed by atoms with van der Waals surface area (Å²) in [6.07, 6.45) is 2.55. The number of hydrogen-bond donors (Lipinski definition) is 2. The number of nitrogens with zero attached hydrogens (tertiary/aromatic N) is 2. The van der Waals surface area contributed by atoms with Crippen molar-refractivity contribution in [3.05, 3.63) is 94.5 Å². The molecule has 1 heterocycles. The van der Waals surface area contributed by atoms with Gasteiger partial charge in [0.1, 0.15) is 12.1 Å². The van der Waals surface area contributed by atoms with Crippen LogP contribution in [0, 0.1) is 0 Å². The molecule has 1 aromatic heterocycles. The van der Waals surface area contributed by atoms with Crippen molar-refractivity contribution in [2.45, 2.75) is 19.8 Å². The monoisotopic (exact) mass is 436 g/mol. The SMILES string of the molecule is C=C(C)Nc1cc(Cc2ccc(NC(=O)Cc3cccc(Br)c3)cc2)ncn1. The third-order valence-corrected chi connectivity index (χ3v) is 4.44. The van der Waals surface area contributed by atoms with Crippen LogP contribution in [0.3, 0.4) is 0 Å². The van der Waals surface area contributed by atoms with Crippen molar-refractivity contribution in [3.63, 3.8) is 0 Å². The average molecular weight is 437 g/mol. The fourth-order valence-electron chi connectivity index (χ4n) is 2.73. The van der Waals surface area contributed by atoms with Gasteiger partial charge in [0.25, 0.3) is 0 Å². The molecule has 0 atom stereocenters. The number of anilines is 2. The quantitative estimate of drug-likeness (QED) is 0.549. The second-order valence-corrected chi connectivity index (χ2v) is 7.44. The number of nitrogens with one attached hydrogen (secondary N) is 2. The molecule has 142 valence electrons. The summed E-state index contributed by atoms with van der Waals surface area (Å²) in [7, 11) is 0. The highest BCUT2D eigenvalue weighted by Crippen LogP contribution is 2.16. The van der Waals surface area contributed by atoms with Gasteiger partial charge >= 0.3 is 0 Å². The first kappa shape index (κ1) is 19.8. The van der Waals surface area contributed by atoms with Crippen LogP contribution < -0.4 is 10.6 Å². The number of carbonyl (C=O) groups excluding carboxylic acids is 1. The Morgan fingerprint density at radius 3 is 2.54 bits per heavy atom. The summed E-state index contributed by atoms with van der Waals surface area (Å²) < 4.78 is 0.966. The Morgan fingerprint density at radius 1 is 1.04 bits per heavy atom. The molecule has 3 aromatic rings. The van der Waals surface area contributed by atoms with Gasteiger partial charge in [-0.25, -0.2) is 9.97 Å². The smallest absolute Gasteiger partial charge is 0.228 e. The Balaban J connectivity index is 1.59. The van der Waals surface area contributed by atoms with E-state index in [0.717, 1.165) is 38.5 Å². The molecule has 6 heteroatoms. The zero-order valence-electron chi connectivity index (χ0n) is 15.6. The van der Waals surface area contributed by atoms with Crippen LogP contribution in [-0.4, -0.2) is 15.9 Å². The first-order chi connectivity index (χ1) is 13.5. The Hall–Kier alpha value is -2.99. The molecule has 0 saturated heterocycles. The van der Waals surface area contributed by atoms with E-state index in [1.54, 1.807) is 0 Å². The van der Waals surface area contributed by atoms with E-state index >= 15 is 0 Å². The predicted octanol–water partition coefficient (Wildman–Crippen LogP) is 4.96. The summed E-state index contributed by atoms with van der Waals surface area (Å²) in [6, 6.07) is 17.4. The lowest BCUT2D eigenvalue weighted by molar-refractivity contribution is -0.115. The highest BCUT2D eigenvalue weighted by Gasteiger charge is 2.06. The van der Waals surface area contributed by atoms with Crippen LogP contribution in [0.4, 0.5) is 11.5 Å². The topological polar surface area (TPSA) is 66.9 Å². The number of halogens is 1. The number of carbonyl (C=O) groups is 1. The maximum Gasteiger partial charge on any atom is 0.228 e. The van der Waals surface area contributed by atoms with Gasteiger partial charge in [0, 0.05) is 28.3 Å². The van der Waals surface area contributed by atoms with Crippen LogP contribution in [0.5, 0.6) is 0 Å². The number of benzene rings is 2. The van der Waals surface area contributed by atoms with Crippen molar-refractivity contribution in [3.8, 4) is 0 Å². The van der Waals surface area contributed by atoms with Gasteiger partial charge in [-0.3, -0.25) is 4.79 Å². The molecule has 2 N–H and O–H groups in total. The van der Waals surface area contributed by atoms with Gasteiger partial charge in [-0.2, -0.15) is 0 Å². The molecule has 0 aliphatic carbocycles. The highest BCUT2D eigenvalue weighted by atomic mass is 79.9. The van der Waals surface area contributed by atoms with Crippen LogP contribution in [0.15, 0.2) is 77.7 Å². The molecule has 2 aromatic carbocycles. The molecule has 5 nitrogen and oxygen atoms in total. The minimum absolute atomic E-state index is 0.0443. The van der Waals surface area contributed by atoms with Crippen molar-refractivity contribution in [2.75, 3.05) is 10.6 Å². The van der Waals surface area contributed by atoms with Gasteiger partial charge in [-0.05, 0) is 42.3 Å². The molecule has 0 fully saturated rings. The molecule has 0 spiro atoms. The summed E-state index contributed by atoms with van der Waals surface area (Å²) >= 11 is 3.42. The number of rotatable bonds is 7. The molecule has 0 aliphatic rings. The second kappa shape index (κ2) is 9.28. The Morgan fingerprint density at radius 2 is 1.82 bits per heavy atom. The number of allylic oxidation sites excluding steroid dienone is 1. The van der Waals surface area contributed by atoms with Crippen molar-refractivity contribution >= 4 is 33.3 Å². The van der Waals surface area contributed by atoms with Gasteiger partial charge in [0.15, 0.2) is 0 Å². The van der Waals surface area contributed by atoms with Crippen LogP contribution in [-0.2, 0) is 17.6 Å². The Kier molecular flexibility index (Phi) is 6.55. The summed E-state index contributed by atoms with van der Waals surface area (Å²) in [5.74, 6) is 0.686. The molecule has 0 aliphatic heterocycles. The first-order valence-electron chi connectivity index (χ1n) is 8.84. The third kappa shape index (κ3) is 6.03. The van der Waals surface area contributed by atoms with E-state index in [0.29, 0.717) is 12.8 Å². The lowest BCUT2D eigenvalue weighted by atomic mass is 10.1. The molecule has 28 heavy (non-hydrogen) atoms. The molecule has 0 unspecified atom stereocenters. The van der Waals surface area contributed by atoms with E-state index in [-0.39, 0.29) is 5.91 Å². The largest absolute Gasteiger partial charge is 0.345 e. The minimum Gasteiger partial charge on any atom is -0.345 e. The standard InChI is InChI=1S/C22H21BrN4O/c1-15(2)26-21-13-20(24-14-25-21)11-16-6-8-19(9-7-16)27-22(28)12-17-4-3-5-18(23)10-17/h3-10,13-14H,1,11-12H2,2H3,(H,27,28)(H,24,25,26). The lowest BCUT2D eigenvalue weighted by Crippen LogP contribution is -2.14. The first-order valence-corrected chi connectivity index (χ1v) is 9.64. The van der Waals surface area contributed by atoms with Gasteiger partial charge in [-0.1, -0.05) is 46.8 Å². The van der Waals surface area contributed by atoms with E-state index in [4.69, 9.17) is 0 Å². The van der Waals surface area contributed by atoms with Gasteiger partial charge in [-0.15, -0.1) is 0 Å². The van der Waals surface area contributed by atoms with E-state index in [9.17, 15) is 4.79 Å².